The van der Waals surface area contributed by atoms with Crippen LogP contribution in [-0.4, -0.2) is 82.3 Å². The summed E-state index contributed by atoms with van der Waals surface area (Å²) in [6, 6.07) is -1.48. The summed E-state index contributed by atoms with van der Waals surface area (Å²) in [5.41, 5.74) is -1.96. The van der Waals surface area contributed by atoms with Gasteiger partial charge >= 0.3 is 5.97 Å². The molecule has 0 saturated carbocycles. The number of carbonyl (C=O) groups excluding carboxylic acids is 3. The molecule has 202 valence electrons. The average Bonchev–Trinajstić information content (AvgIpc) is 3.46. The van der Waals surface area contributed by atoms with Crippen molar-refractivity contribution in [3.8, 4) is 0 Å². The molecule has 3 heterocycles. The van der Waals surface area contributed by atoms with Crippen molar-refractivity contribution in [1.29, 1.82) is 0 Å². The van der Waals surface area contributed by atoms with Crippen LogP contribution in [0.25, 0.3) is 0 Å². The van der Waals surface area contributed by atoms with Gasteiger partial charge in [0.25, 0.3) is 0 Å². The second-order valence-electron chi connectivity index (χ2n) is 10.7. The number of hydrogen-bond donors (Lipinski definition) is 1. The van der Waals surface area contributed by atoms with Crippen LogP contribution in [0.15, 0.2) is 25.3 Å². The summed E-state index contributed by atoms with van der Waals surface area (Å²) in [5, 5.41) is 10.3. The molecule has 0 aromatic heterocycles. The lowest BCUT2D eigenvalue weighted by Crippen LogP contribution is -2.59. The fourth-order valence-corrected chi connectivity index (χ4v) is 6.57. The Labute approximate surface area is 215 Å². The van der Waals surface area contributed by atoms with Crippen molar-refractivity contribution in [1.82, 2.24) is 9.80 Å². The molecule has 0 aliphatic carbocycles. The van der Waals surface area contributed by atoms with Crippen LogP contribution in [-0.2, 0) is 23.9 Å². The summed E-state index contributed by atoms with van der Waals surface area (Å²) in [7, 11) is 0. The van der Waals surface area contributed by atoms with Gasteiger partial charge < -0.3 is 24.4 Å². The lowest BCUT2D eigenvalue weighted by molar-refractivity contribution is -0.164. The number of likely N-dealkylation sites (tertiary alicyclic amines) is 1. The van der Waals surface area contributed by atoms with Gasteiger partial charge in [0, 0.05) is 13.1 Å². The molecule has 2 bridgehead atoms. The molecule has 3 saturated heterocycles. The molecule has 3 aliphatic heterocycles. The maximum Gasteiger partial charge on any atom is 0.312 e. The van der Waals surface area contributed by atoms with Gasteiger partial charge in [-0.1, -0.05) is 46.3 Å². The molecule has 36 heavy (non-hydrogen) atoms. The van der Waals surface area contributed by atoms with Crippen molar-refractivity contribution in [2.75, 3.05) is 26.3 Å². The molecule has 1 N–H and O–H groups in total. The second kappa shape index (κ2) is 11.5. The Kier molecular flexibility index (Phi) is 9.04. The van der Waals surface area contributed by atoms with Crippen LogP contribution in [0.5, 0.6) is 0 Å². The number of amides is 2. The van der Waals surface area contributed by atoms with Crippen LogP contribution in [0.3, 0.4) is 0 Å². The van der Waals surface area contributed by atoms with E-state index in [9.17, 15) is 19.5 Å². The SMILES string of the molecule is C=CCCOC(=O)[C@H]1[C@H]2C(=O)N([C@@H](CO)C(C)C)C(C(=O)N(CC=C)CCCC)C23CC[C@]1(CC)O3. The van der Waals surface area contributed by atoms with Gasteiger partial charge in [-0.2, -0.15) is 0 Å². The monoisotopic (exact) mass is 504 g/mol. The summed E-state index contributed by atoms with van der Waals surface area (Å²) in [6.45, 7) is 16.2. The van der Waals surface area contributed by atoms with E-state index in [1.54, 1.807) is 22.0 Å². The first-order valence-corrected chi connectivity index (χ1v) is 13.5. The number of fused-ring (bicyclic) bond motifs is 1. The zero-order valence-electron chi connectivity index (χ0n) is 22.4. The molecule has 3 fully saturated rings. The number of ether oxygens (including phenoxy) is 2. The number of unbranched alkanes of at least 4 members (excludes halogenated alkanes) is 1. The van der Waals surface area contributed by atoms with E-state index in [-0.39, 0.29) is 30.9 Å². The summed E-state index contributed by atoms with van der Waals surface area (Å²) in [5.74, 6) is -2.65. The Balaban J connectivity index is 2.11. The Hall–Kier alpha value is -2.19. The van der Waals surface area contributed by atoms with Gasteiger partial charge in [0.2, 0.25) is 11.8 Å². The van der Waals surface area contributed by atoms with E-state index in [1.165, 1.54) is 0 Å². The standard InChI is InChI=1S/C28H44N2O6/c1-7-11-16-29(15-9-3)25(33)23-28-14-13-27(10-4,36-28)22(26(34)35-17-12-8-2)21(28)24(32)30(23)20(18-31)19(5)6/h8-9,19-23,31H,2-3,7,10-18H2,1,4-6H3/t20-,21-,22+,23?,27-,28?/m0/s1. The molecular weight excluding hydrogens is 460 g/mol. The molecule has 2 unspecified atom stereocenters. The van der Waals surface area contributed by atoms with Crippen LogP contribution in [0.4, 0.5) is 0 Å². The van der Waals surface area contributed by atoms with Crippen molar-refractivity contribution in [2.24, 2.45) is 17.8 Å². The number of rotatable bonds is 14. The Morgan fingerprint density at radius 1 is 1.28 bits per heavy atom. The fraction of sp³-hybridized carbons (Fsp3) is 0.750. The Morgan fingerprint density at radius 2 is 2.00 bits per heavy atom. The minimum Gasteiger partial charge on any atom is -0.465 e. The van der Waals surface area contributed by atoms with Gasteiger partial charge in [-0.15, -0.1) is 13.2 Å². The first-order chi connectivity index (χ1) is 17.2. The van der Waals surface area contributed by atoms with Gasteiger partial charge in [0.15, 0.2) is 0 Å². The third kappa shape index (κ3) is 4.51. The van der Waals surface area contributed by atoms with Crippen LogP contribution < -0.4 is 0 Å². The number of esters is 1. The molecule has 2 amide bonds. The molecule has 3 rings (SSSR count). The third-order valence-corrected chi connectivity index (χ3v) is 8.43. The Bertz CT molecular complexity index is 859. The molecule has 0 radical (unpaired) electrons. The lowest BCUT2D eigenvalue weighted by Gasteiger charge is -2.40. The minimum absolute atomic E-state index is 0.0942. The molecule has 8 heteroatoms. The van der Waals surface area contributed by atoms with Crippen LogP contribution >= 0.6 is 0 Å². The summed E-state index contributed by atoms with van der Waals surface area (Å²) in [6.07, 6.45) is 7.25. The highest BCUT2D eigenvalue weighted by Gasteiger charge is 2.79. The quantitative estimate of drug-likeness (QED) is 0.222. The number of carbonyl (C=O) groups is 3. The molecule has 3 aliphatic rings. The highest BCUT2D eigenvalue weighted by Crippen LogP contribution is 2.65. The zero-order valence-corrected chi connectivity index (χ0v) is 22.4. The van der Waals surface area contributed by atoms with Gasteiger partial charge in [0.05, 0.1) is 30.8 Å². The summed E-state index contributed by atoms with van der Waals surface area (Å²) < 4.78 is 12.3. The zero-order chi connectivity index (χ0) is 26.7. The van der Waals surface area contributed by atoms with Crippen LogP contribution in [0.1, 0.15) is 66.2 Å². The Morgan fingerprint density at radius 3 is 2.56 bits per heavy atom. The van der Waals surface area contributed by atoms with E-state index in [4.69, 9.17) is 9.47 Å². The maximum absolute atomic E-state index is 14.2. The first-order valence-electron chi connectivity index (χ1n) is 13.5. The van der Waals surface area contributed by atoms with E-state index in [2.05, 4.69) is 20.1 Å². The largest absolute Gasteiger partial charge is 0.465 e. The molecule has 8 nitrogen and oxygen atoms in total. The first kappa shape index (κ1) is 28.4. The van der Waals surface area contributed by atoms with Crippen molar-refractivity contribution in [3.63, 3.8) is 0 Å². The molecule has 1 spiro atoms. The van der Waals surface area contributed by atoms with Gasteiger partial charge in [0.1, 0.15) is 17.6 Å². The van der Waals surface area contributed by atoms with Crippen molar-refractivity contribution in [2.45, 2.75) is 89.5 Å². The second-order valence-corrected chi connectivity index (χ2v) is 10.7. The van der Waals surface area contributed by atoms with Gasteiger partial charge in [-0.05, 0) is 38.0 Å². The molecular formula is C28H44N2O6. The van der Waals surface area contributed by atoms with E-state index in [0.29, 0.717) is 38.8 Å². The number of aliphatic hydroxyl groups excluding tert-OH is 1. The van der Waals surface area contributed by atoms with E-state index < -0.39 is 41.1 Å². The van der Waals surface area contributed by atoms with Gasteiger partial charge in [-0.3, -0.25) is 14.4 Å². The topological polar surface area (TPSA) is 96.4 Å². The normalized spacial score (nSPS) is 31.4. The number of hydrogen-bond acceptors (Lipinski definition) is 6. The van der Waals surface area contributed by atoms with Crippen molar-refractivity contribution >= 4 is 17.8 Å². The predicted octanol–water partition coefficient (Wildman–Crippen LogP) is 3.09. The van der Waals surface area contributed by atoms with E-state index in [0.717, 1.165) is 12.8 Å². The average molecular weight is 505 g/mol. The number of nitrogens with zero attached hydrogens (tertiary/aromatic N) is 2. The van der Waals surface area contributed by atoms with Crippen molar-refractivity contribution < 1.29 is 29.0 Å². The smallest absolute Gasteiger partial charge is 0.312 e. The highest BCUT2D eigenvalue weighted by atomic mass is 16.6. The molecule has 6 atom stereocenters. The molecule has 0 aromatic carbocycles. The summed E-state index contributed by atoms with van der Waals surface area (Å²) >= 11 is 0. The van der Waals surface area contributed by atoms with Gasteiger partial charge in [-0.25, -0.2) is 0 Å². The van der Waals surface area contributed by atoms with Crippen LogP contribution in [0.2, 0.25) is 0 Å². The third-order valence-electron chi connectivity index (χ3n) is 8.43. The highest BCUT2D eigenvalue weighted by molar-refractivity contribution is 5.98. The molecule has 0 aromatic rings. The lowest BCUT2D eigenvalue weighted by atomic mass is 9.65. The fourth-order valence-electron chi connectivity index (χ4n) is 6.57. The van der Waals surface area contributed by atoms with E-state index >= 15 is 0 Å². The van der Waals surface area contributed by atoms with E-state index in [1.807, 2.05) is 20.8 Å². The number of aliphatic hydroxyl groups is 1. The minimum atomic E-state index is -1.12. The van der Waals surface area contributed by atoms with Crippen LogP contribution in [0, 0.1) is 17.8 Å². The summed E-state index contributed by atoms with van der Waals surface area (Å²) in [4.78, 5) is 45.2. The maximum atomic E-state index is 14.2. The predicted molar refractivity (Wildman–Crippen MR) is 137 cm³/mol. The van der Waals surface area contributed by atoms with Crippen molar-refractivity contribution in [3.05, 3.63) is 25.3 Å².